The van der Waals surface area contributed by atoms with Crippen molar-refractivity contribution in [3.05, 3.63) is 29.8 Å². The highest BCUT2D eigenvalue weighted by Gasteiger charge is 2.45. The maximum Gasteiger partial charge on any atom is 0.417 e. The van der Waals surface area contributed by atoms with E-state index in [1.807, 2.05) is 13.0 Å². The van der Waals surface area contributed by atoms with E-state index < -0.39 is 43.4 Å². The summed E-state index contributed by atoms with van der Waals surface area (Å²) in [6, 6.07) is 6.26. The third kappa shape index (κ3) is 6.58. The number of nitrogens with zero attached hydrogens (tertiary/aromatic N) is 1. The number of halogens is 3. The molecule has 0 unspecified atom stereocenters. The number of rotatable bonds is 6. The molecule has 2 aliphatic carbocycles. The molecule has 2 fully saturated rings. The van der Waals surface area contributed by atoms with Crippen molar-refractivity contribution in [2.45, 2.75) is 73.4 Å². The SMILES string of the molecule is CCCO[C@@H]1CC[C@@H](S(=O)(=O)c2ccccc2C(F)(F)F)C1.N#CC1(NC(=O)O)CC1. The Hall–Kier alpha value is -2.32. The van der Waals surface area contributed by atoms with Crippen LogP contribution in [-0.4, -0.2) is 43.1 Å². The molecule has 2 saturated carbocycles. The lowest BCUT2D eigenvalue weighted by Crippen LogP contribution is -2.33. The minimum atomic E-state index is -4.68. The predicted molar refractivity (Wildman–Crippen MR) is 105 cm³/mol. The zero-order valence-corrected chi connectivity index (χ0v) is 17.8. The standard InChI is InChI=1S/C15H19F3O3S.C5H6N2O2/c1-2-9-21-11-7-8-12(10-11)22(19,20)14-6-4-3-5-13(14)15(16,17)18;6-3-5(1-2-5)7-4(8)9/h3-6,11-12H,2,7-10H2,1H3;7H,1-2H2,(H,8,9)/t11-,12-;/m1./s1. The molecule has 0 saturated heterocycles. The molecule has 172 valence electrons. The molecule has 1 aromatic rings. The monoisotopic (exact) mass is 462 g/mol. The van der Waals surface area contributed by atoms with Gasteiger partial charge >= 0.3 is 12.3 Å². The Bertz CT molecular complexity index is 923. The first-order valence-electron chi connectivity index (χ1n) is 9.89. The number of nitrogens with one attached hydrogen (secondary N) is 1. The molecule has 11 heteroatoms. The normalized spacial score (nSPS) is 22.0. The smallest absolute Gasteiger partial charge is 0.417 e. The quantitative estimate of drug-likeness (QED) is 0.656. The van der Waals surface area contributed by atoms with Gasteiger partial charge in [0.05, 0.1) is 27.9 Å². The summed E-state index contributed by atoms with van der Waals surface area (Å²) >= 11 is 0. The maximum absolute atomic E-state index is 13.0. The number of benzene rings is 1. The van der Waals surface area contributed by atoms with E-state index in [2.05, 4.69) is 5.32 Å². The van der Waals surface area contributed by atoms with Crippen LogP contribution >= 0.6 is 0 Å². The number of amides is 1. The van der Waals surface area contributed by atoms with Crippen LogP contribution in [0.25, 0.3) is 0 Å². The Morgan fingerprint density at radius 2 is 1.97 bits per heavy atom. The van der Waals surface area contributed by atoms with Gasteiger partial charge in [-0.2, -0.15) is 18.4 Å². The van der Waals surface area contributed by atoms with E-state index in [4.69, 9.17) is 15.1 Å². The van der Waals surface area contributed by atoms with E-state index in [9.17, 15) is 26.4 Å². The van der Waals surface area contributed by atoms with Crippen LogP contribution < -0.4 is 5.32 Å². The number of carbonyl (C=O) groups is 1. The molecule has 7 nitrogen and oxygen atoms in total. The van der Waals surface area contributed by atoms with E-state index in [1.54, 1.807) is 0 Å². The number of nitriles is 1. The lowest BCUT2D eigenvalue weighted by atomic mass is 10.2. The van der Waals surface area contributed by atoms with Gasteiger partial charge in [0.2, 0.25) is 0 Å². The Labute approximate surface area is 179 Å². The fourth-order valence-corrected chi connectivity index (χ4v) is 5.37. The summed E-state index contributed by atoms with van der Waals surface area (Å²) in [6.45, 7) is 2.49. The molecule has 0 radical (unpaired) electrons. The van der Waals surface area contributed by atoms with Crippen LogP contribution in [0, 0.1) is 11.3 Å². The van der Waals surface area contributed by atoms with Crippen molar-refractivity contribution in [1.82, 2.24) is 5.32 Å². The Morgan fingerprint density at radius 3 is 2.45 bits per heavy atom. The zero-order chi connectivity index (χ0) is 23.3. The van der Waals surface area contributed by atoms with E-state index in [0.29, 0.717) is 32.3 Å². The lowest BCUT2D eigenvalue weighted by Gasteiger charge is -2.17. The van der Waals surface area contributed by atoms with Gasteiger partial charge in [-0.25, -0.2) is 13.2 Å². The first-order valence-corrected chi connectivity index (χ1v) is 11.4. The van der Waals surface area contributed by atoms with Crippen LogP contribution in [0.2, 0.25) is 0 Å². The van der Waals surface area contributed by atoms with Gasteiger partial charge in [-0.1, -0.05) is 19.1 Å². The predicted octanol–water partition coefficient (Wildman–Crippen LogP) is 4.14. The molecular weight excluding hydrogens is 437 g/mol. The summed E-state index contributed by atoms with van der Waals surface area (Å²) in [4.78, 5) is 9.33. The molecule has 0 bridgehead atoms. The number of carboxylic acid groups (broad SMARTS) is 1. The number of sulfone groups is 1. The van der Waals surface area contributed by atoms with Crippen molar-refractivity contribution >= 4 is 15.9 Å². The second kappa shape index (κ2) is 9.87. The van der Waals surface area contributed by atoms with Gasteiger partial charge < -0.3 is 15.2 Å². The topological polar surface area (TPSA) is 116 Å². The number of ether oxygens (including phenoxy) is 1. The highest BCUT2D eigenvalue weighted by molar-refractivity contribution is 7.92. The van der Waals surface area contributed by atoms with Crippen LogP contribution in [0.1, 0.15) is 51.0 Å². The maximum atomic E-state index is 13.0. The van der Waals surface area contributed by atoms with E-state index >= 15 is 0 Å². The molecule has 2 N–H and O–H groups in total. The van der Waals surface area contributed by atoms with Crippen molar-refractivity contribution in [3.8, 4) is 6.07 Å². The van der Waals surface area contributed by atoms with Gasteiger partial charge in [0.1, 0.15) is 5.54 Å². The van der Waals surface area contributed by atoms with Crippen molar-refractivity contribution in [2.24, 2.45) is 0 Å². The average molecular weight is 462 g/mol. The molecule has 0 heterocycles. The zero-order valence-electron chi connectivity index (χ0n) is 17.0. The minimum absolute atomic E-state index is 0.183. The van der Waals surface area contributed by atoms with Gasteiger partial charge in [0, 0.05) is 6.61 Å². The van der Waals surface area contributed by atoms with Crippen LogP contribution in [0.3, 0.4) is 0 Å². The van der Waals surface area contributed by atoms with Crippen LogP contribution in [0.4, 0.5) is 18.0 Å². The van der Waals surface area contributed by atoms with Gasteiger partial charge in [0.25, 0.3) is 0 Å². The number of hydrogen-bond acceptors (Lipinski definition) is 5. The van der Waals surface area contributed by atoms with Crippen LogP contribution in [0.15, 0.2) is 29.2 Å². The number of alkyl halides is 3. The molecule has 31 heavy (non-hydrogen) atoms. The molecular formula is C20H25F3N2O5S. The van der Waals surface area contributed by atoms with Crippen molar-refractivity contribution in [2.75, 3.05) is 6.61 Å². The van der Waals surface area contributed by atoms with Gasteiger partial charge in [-0.3, -0.25) is 0 Å². The third-order valence-corrected chi connectivity index (χ3v) is 7.42. The fourth-order valence-electron chi connectivity index (χ4n) is 3.34. The Balaban J connectivity index is 0.000000316. The highest BCUT2D eigenvalue weighted by atomic mass is 32.2. The fraction of sp³-hybridized carbons (Fsp3) is 0.600. The van der Waals surface area contributed by atoms with Gasteiger partial charge in [-0.15, -0.1) is 0 Å². The van der Waals surface area contributed by atoms with Gasteiger partial charge in [-0.05, 0) is 50.7 Å². The first-order chi connectivity index (χ1) is 14.4. The molecule has 1 amide bonds. The average Bonchev–Trinajstić information content (AvgIpc) is 3.30. The second-order valence-corrected chi connectivity index (χ2v) is 9.79. The summed E-state index contributed by atoms with van der Waals surface area (Å²) in [7, 11) is -4.01. The van der Waals surface area contributed by atoms with Crippen molar-refractivity contribution < 1.29 is 36.2 Å². The largest absolute Gasteiger partial charge is 0.465 e. The molecule has 1 aromatic carbocycles. The van der Waals surface area contributed by atoms with Crippen LogP contribution in [-0.2, 0) is 20.8 Å². The summed E-state index contributed by atoms with van der Waals surface area (Å²) in [5.41, 5.74) is -1.82. The minimum Gasteiger partial charge on any atom is -0.465 e. The Morgan fingerprint density at radius 1 is 1.32 bits per heavy atom. The van der Waals surface area contributed by atoms with E-state index in [1.165, 1.54) is 12.1 Å². The number of hydrogen-bond donors (Lipinski definition) is 2. The molecule has 3 rings (SSSR count). The first kappa shape index (κ1) is 24.9. The molecule has 0 spiro atoms. The molecule has 2 aliphatic rings. The van der Waals surface area contributed by atoms with E-state index in [-0.39, 0.29) is 12.5 Å². The molecule has 0 aliphatic heterocycles. The van der Waals surface area contributed by atoms with Crippen LogP contribution in [0.5, 0.6) is 0 Å². The van der Waals surface area contributed by atoms with E-state index in [0.717, 1.165) is 18.6 Å². The lowest BCUT2D eigenvalue weighted by molar-refractivity contribution is -0.139. The second-order valence-electron chi connectivity index (χ2n) is 7.59. The van der Waals surface area contributed by atoms with Gasteiger partial charge in [0.15, 0.2) is 9.84 Å². The summed E-state index contributed by atoms with van der Waals surface area (Å²) in [6.07, 6.45) is -2.70. The van der Waals surface area contributed by atoms with Crippen molar-refractivity contribution in [3.63, 3.8) is 0 Å². The summed E-state index contributed by atoms with van der Waals surface area (Å²) < 4.78 is 69.7. The molecule has 0 aromatic heterocycles. The Kier molecular flexibility index (Phi) is 7.94. The summed E-state index contributed by atoms with van der Waals surface area (Å²) in [5.74, 6) is 0. The third-order valence-electron chi connectivity index (χ3n) is 5.14. The highest BCUT2D eigenvalue weighted by Crippen LogP contribution is 2.38. The molecule has 2 atom stereocenters. The summed E-state index contributed by atoms with van der Waals surface area (Å²) in [5, 5.41) is 17.8. The van der Waals surface area contributed by atoms with Crippen molar-refractivity contribution in [1.29, 1.82) is 5.26 Å².